The van der Waals surface area contributed by atoms with Crippen LogP contribution in [0.1, 0.15) is 10.4 Å². The van der Waals surface area contributed by atoms with Gasteiger partial charge in [0.25, 0.3) is 5.78 Å². The third kappa shape index (κ3) is 1.15. The van der Waals surface area contributed by atoms with Gasteiger partial charge < -0.3 is 10.1 Å². The number of H-pyrrole nitrogens is 1. The molecule has 0 aliphatic heterocycles. The monoisotopic (exact) mass is 190 g/mol. The van der Waals surface area contributed by atoms with Gasteiger partial charge in [0.05, 0.1) is 16.6 Å². The summed E-state index contributed by atoms with van der Waals surface area (Å²) < 4.78 is 0. The fraction of sp³-hybridized carbons (Fsp3) is 0. The number of carbonyl (C=O) groups is 2. The summed E-state index contributed by atoms with van der Waals surface area (Å²) in [6, 6.07) is 3.43. The summed E-state index contributed by atoms with van der Waals surface area (Å²) in [5.41, 5.74) is 1.13. The minimum Gasteiger partial charge on any atom is -0.475 e. The number of aliphatic carboxylic acids is 1. The van der Waals surface area contributed by atoms with Crippen LogP contribution >= 0.6 is 0 Å². The van der Waals surface area contributed by atoms with Crippen molar-refractivity contribution in [1.82, 2.24) is 9.97 Å². The van der Waals surface area contributed by atoms with E-state index in [0.717, 1.165) is 0 Å². The second-order valence-electron chi connectivity index (χ2n) is 2.74. The number of pyridine rings is 1. The van der Waals surface area contributed by atoms with Gasteiger partial charge in [-0.25, -0.2) is 4.79 Å². The van der Waals surface area contributed by atoms with Crippen LogP contribution in [0.2, 0.25) is 0 Å². The highest BCUT2D eigenvalue weighted by Gasteiger charge is 2.19. The number of aromatic amines is 1. The number of Topliss-reactive ketones (excluding diaryl/α,β-unsaturated/α-hetero) is 1. The number of carbonyl (C=O) groups excluding carboxylic acids is 1. The van der Waals surface area contributed by atoms with Crippen molar-refractivity contribution >= 4 is 22.8 Å². The molecule has 0 radical (unpaired) electrons. The third-order valence-corrected chi connectivity index (χ3v) is 1.87. The molecule has 0 aromatic carbocycles. The van der Waals surface area contributed by atoms with Crippen molar-refractivity contribution in [3.8, 4) is 0 Å². The second kappa shape index (κ2) is 2.95. The van der Waals surface area contributed by atoms with Crippen LogP contribution in [0.15, 0.2) is 24.5 Å². The highest BCUT2D eigenvalue weighted by Crippen LogP contribution is 2.15. The van der Waals surface area contributed by atoms with Crippen molar-refractivity contribution < 1.29 is 14.7 Å². The van der Waals surface area contributed by atoms with E-state index >= 15 is 0 Å². The molecule has 0 aliphatic rings. The Labute approximate surface area is 78.4 Å². The fourth-order valence-corrected chi connectivity index (χ4v) is 1.24. The predicted octanol–water partition coefficient (Wildman–Crippen LogP) is 0.830. The smallest absolute Gasteiger partial charge is 0.377 e. The number of carboxylic acid groups (broad SMARTS) is 1. The molecule has 2 heterocycles. The van der Waals surface area contributed by atoms with Gasteiger partial charge in [-0.2, -0.15) is 0 Å². The van der Waals surface area contributed by atoms with Gasteiger partial charge in [-0.05, 0) is 12.1 Å². The van der Waals surface area contributed by atoms with Gasteiger partial charge in [-0.3, -0.25) is 9.78 Å². The van der Waals surface area contributed by atoms with Crippen molar-refractivity contribution in [2.75, 3.05) is 0 Å². The maximum Gasteiger partial charge on any atom is 0.377 e. The molecule has 0 saturated carbocycles. The molecule has 0 saturated heterocycles. The first kappa shape index (κ1) is 8.43. The number of hydrogen-bond donors (Lipinski definition) is 2. The van der Waals surface area contributed by atoms with Crippen LogP contribution < -0.4 is 0 Å². The van der Waals surface area contributed by atoms with Crippen molar-refractivity contribution in [3.05, 3.63) is 30.1 Å². The largest absolute Gasteiger partial charge is 0.475 e. The van der Waals surface area contributed by atoms with Crippen LogP contribution in [0.5, 0.6) is 0 Å². The molecule has 2 rings (SSSR count). The third-order valence-electron chi connectivity index (χ3n) is 1.87. The van der Waals surface area contributed by atoms with E-state index in [1.807, 2.05) is 0 Å². The quantitative estimate of drug-likeness (QED) is 0.542. The summed E-state index contributed by atoms with van der Waals surface area (Å²) >= 11 is 0. The number of rotatable bonds is 2. The molecule has 5 heteroatoms. The topological polar surface area (TPSA) is 83.0 Å². The summed E-state index contributed by atoms with van der Waals surface area (Å²) in [5.74, 6) is -2.42. The lowest BCUT2D eigenvalue weighted by molar-refractivity contribution is -0.131. The Morgan fingerprint density at radius 2 is 2.21 bits per heavy atom. The first-order valence-corrected chi connectivity index (χ1v) is 3.90. The Hall–Kier alpha value is -2.17. The Morgan fingerprint density at radius 3 is 2.93 bits per heavy atom. The molecule has 70 valence electrons. The number of fused-ring (bicyclic) bond motifs is 1. The van der Waals surface area contributed by atoms with E-state index in [0.29, 0.717) is 11.0 Å². The van der Waals surface area contributed by atoms with Gasteiger partial charge >= 0.3 is 5.97 Å². The Kier molecular flexibility index (Phi) is 1.78. The summed E-state index contributed by atoms with van der Waals surface area (Å²) in [6.07, 6.45) is 2.86. The van der Waals surface area contributed by atoms with Crippen LogP contribution in [0.3, 0.4) is 0 Å². The summed E-state index contributed by atoms with van der Waals surface area (Å²) in [5, 5.41) is 8.52. The average Bonchev–Trinajstić information content (AvgIpc) is 2.60. The van der Waals surface area contributed by atoms with Gasteiger partial charge in [0, 0.05) is 12.4 Å². The minimum absolute atomic E-state index is 0.0908. The van der Waals surface area contributed by atoms with E-state index in [1.54, 1.807) is 12.1 Å². The molecule has 0 amide bonds. The standard InChI is InChI=1S/C9H6N2O3/c12-8(9(13)14)5-4-11-6-2-1-3-10-7(5)6/h1-4,11H,(H,13,14). The molecular weight excluding hydrogens is 184 g/mol. The van der Waals surface area contributed by atoms with E-state index < -0.39 is 11.8 Å². The zero-order chi connectivity index (χ0) is 10.1. The number of aromatic nitrogens is 2. The van der Waals surface area contributed by atoms with E-state index in [9.17, 15) is 9.59 Å². The molecule has 5 nitrogen and oxygen atoms in total. The molecule has 2 aromatic rings. The number of hydrogen-bond acceptors (Lipinski definition) is 3. The molecule has 0 bridgehead atoms. The molecule has 0 unspecified atom stereocenters. The van der Waals surface area contributed by atoms with Crippen molar-refractivity contribution in [1.29, 1.82) is 0 Å². The summed E-state index contributed by atoms with van der Waals surface area (Å²) in [7, 11) is 0. The van der Waals surface area contributed by atoms with Crippen molar-refractivity contribution in [3.63, 3.8) is 0 Å². The second-order valence-corrected chi connectivity index (χ2v) is 2.74. The van der Waals surface area contributed by atoms with Crippen LogP contribution in [-0.2, 0) is 4.79 Å². The molecule has 0 atom stereocenters. The minimum atomic E-state index is -1.48. The van der Waals surface area contributed by atoms with E-state index in [1.165, 1.54) is 12.4 Å². The number of nitrogens with one attached hydrogen (secondary N) is 1. The Morgan fingerprint density at radius 1 is 1.43 bits per heavy atom. The lowest BCUT2D eigenvalue weighted by atomic mass is 10.2. The number of carboxylic acids is 1. The summed E-state index contributed by atoms with van der Waals surface area (Å²) in [4.78, 5) is 28.3. The zero-order valence-corrected chi connectivity index (χ0v) is 7.02. The molecule has 2 aromatic heterocycles. The Bertz CT molecular complexity index is 516. The van der Waals surface area contributed by atoms with Crippen molar-refractivity contribution in [2.45, 2.75) is 0 Å². The van der Waals surface area contributed by atoms with Crippen LogP contribution in [-0.4, -0.2) is 26.8 Å². The van der Waals surface area contributed by atoms with Gasteiger partial charge in [0.1, 0.15) is 0 Å². The first-order chi connectivity index (χ1) is 6.70. The van der Waals surface area contributed by atoms with Gasteiger partial charge in [-0.15, -0.1) is 0 Å². The molecule has 0 aliphatic carbocycles. The van der Waals surface area contributed by atoms with Crippen LogP contribution in [0, 0.1) is 0 Å². The predicted molar refractivity (Wildman–Crippen MR) is 48.1 cm³/mol. The summed E-state index contributed by atoms with van der Waals surface area (Å²) in [6.45, 7) is 0. The van der Waals surface area contributed by atoms with Gasteiger partial charge in [0.2, 0.25) is 0 Å². The molecule has 14 heavy (non-hydrogen) atoms. The molecule has 0 fully saturated rings. The van der Waals surface area contributed by atoms with E-state index in [-0.39, 0.29) is 5.56 Å². The zero-order valence-electron chi connectivity index (χ0n) is 7.02. The maximum atomic E-state index is 11.2. The number of nitrogens with zero attached hydrogens (tertiary/aromatic N) is 1. The van der Waals surface area contributed by atoms with Crippen molar-refractivity contribution in [2.24, 2.45) is 0 Å². The lowest BCUT2D eigenvalue weighted by Crippen LogP contribution is -2.12. The van der Waals surface area contributed by atoms with Crippen LogP contribution in [0.25, 0.3) is 11.0 Å². The normalized spacial score (nSPS) is 10.3. The highest BCUT2D eigenvalue weighted by molar-refractivity contribution is 6.42. The van der Waals surface area contributed by atoms with E-state index in [4.69, 9.17) is 5.11 Å². The first-order valence-electron chi connectivity index (χ1n) is 3.90. The fourth-order valence-electron chi connectivity index (χ4n) is 1.24. The SMILES string of the molecule is O=C(O)C(=O)c1c[nH]c2cccnc12. The molecule has 2 N–H and O–H groups in total. The van der Waals surface area contributed by atoms with Crippen LogP contribution in [0.4, 0.5) is 0 Å². The molecule has 0 spiro atoms. The highest BCUT2D eigenvalue weighted by atomic mass is 16.4. The average molecular weight is 190 g/mol. The van der Waals surface area contributed by atoms with Gasteiger partial charge in [0.15, 0.2) is 0 Å². The molecular formula is C9H6N2O3. The maximum absolute atomic E-state index is 11.2. The lowest BCUT2D eigenvalue weighted by Gasteiger charge is -1.91. The van der Waals surface area contributed by atoms with E-state index in [2.05, 4.69) is 9.97 Å². The van der Waals surface area contributed by atoms with Gasteiger partial charge in [-0.1, -0.05) is 0 Å². The Balaban J connectivity index is 2.64. The number of ketones is 1.